The molecule has 2 N–H and O–H groups in total. The lowest BCUT2D eigenvalue weighted by Gasteiger charge is -2.23. The van der Waals surface area contributed by atoms with E-state index in [0.717, 1.165) is 19.3 Å². The molecule has 74 valence electrons. The molecule has 3 nitrogen and oxygen atoms in total. The van der Waals surface area contributed by atoms with Crippen LogP contribution in [0.15, 0.2) is 24.3 Å². The molecule has 1 atom stereocenters. The average Bonchev–Trinajstić information content (AvgIpc) is 2.17. The number of primary amides is 1. The molecule has 0 spiro atoms. The molecule has 1 unspecified atom stereocenters. The molecular weight excluding hydrogens is 178 g/mol. The first-order valence-corrected chi connectivity index (χ1v) is 4.78. The second-order valence-electron chi connectivity index (χ2n) is 3.57. The zero-order valence-electron chi connectivity index (χ0n) is 7.90. The summed E-state index contributed by atoms with van der Waals surface area (Å²) in [6, 6.07) is 8.24. The fourth-order valence-electron chi connectivity index (χ4n) is 1.93. The lowest BCUT2D eigenvalue weighted by atomic mass is 9.90. The van der Waals surface area contributed by atoms with Gasteiger partial charge in [0.1, 0.15) is 6.10 Å². The summed E-state index contributed by atoms with van der Waals surface area (Å²) in [6.45, 7) is 0. The van der Waals surface area contributed by atoms with Gasteiger partial charge in [-0.25, -0.2) is 4.79 Å². The first kappa shape index (κ1) is 9.06. The quantitative estimate of drug-likeness (QED) is 0.733. The molecule has 2 rings (SSSR count). The van der Waals surface area contributed by atoms with Gasteiger partial charge >= 0.3 is 6.09 Å². The van der Waals surface area contributed by atoms with E-state index < -0.39 is 6.09 Å². The number of nitrogens with two attached hydrogens (primary N) is 1. The number of hydrogen-bond acceptors (Lipinski definition) is 2. The molecule has 0 aromatic heterocycles. The summed E-state index contributed by atoms with van der Waals surface area (Å²) in [5.41, 5.74) is 7.61. The molecular formula is C11H13NO2. The second kappa shape index (κ2) is 3.70. The van der Waals surface area contributed by atoms with E-state index in [4.69, 9.17) is 10.5 Å². The minimum atomic E-state index is -0.672. The summed E-state index contributed by atoms with van der Waals surface area (Å²) in [5, 5.41) is 0. The maximum Gasteiger partial charge on any atom is 0.404 e. The molecule has 0 fully saturated rings. The lowest BCUT2D eigenvalue weighted by molar-refractivity contribution is 0.0980. The fourth-order valence-corrected chi connectivity index (χ4v) is 1.93. The Hall–Kier alpha value is -1.51. The van der Waals surface area contributed by atoms with Crippen LogP contribution in [0, 0.1) is 0 Å². The Morgan fingerprint density at radius 2 is 2.07 bits per heavy atom. The summed E-state index contributed by atoms with van der Waals surface area (Å²) < 4.78 is 4.99. The van der Waals surface area contributed by atoms with E-state index in [1.807, 2.05) is 12.1 Å². The van der Waals surface area contributed by atoms with Crippen molar-refractivity contribution in [3.63, 3.8) is 0 Å². The van der Waals surface area contributed by atoms with E-state index in [-0.39, 0.29) is 6.10 Å². The first-order chi connectivity index (χ1) is 6.75. The van der Waals surface area contributed by atoms with Gasteiger partial charge in [-0.05, 0) is 24.0 Å². The molecule has 0 aliphatic heterocycles. The summed E-state index contributed by atoms with van der Waals surface area (Å²) >= 11 is 0. The molecule has 0 bridgehead atoms. The maximum absolute atomic E-state index is 10.6. The fraction of sp³-hybridized carbons (Fsp3) is 0.364. The van der Waals surface area contributed by atoms with Crippen LogP contribution in [0.5, 0.6) is 0 Å². The molecule has 1 aliphatic carbocycles. The number of rotatable bonds is 1. The van der Waals surface area contributed by atoms with Crippen LogP contribution in [0.25, 0.3) is 0 Å². The Morgan fingerprint density at radius 1 is 1.36 bits per heavy atom. The van der Waals surface area contributed by atoms with Gasteiger partial charge in [0.2, 0.25) is 0 Å². The van der Waals surface area contributed by atoms with Gasteiger partial charge < -0.3 is 10.5 Å². The number of aryl methyl sites for hydroxylation is 1. The number of carbonyl (C=O) groups excluding carboxylic acids is 1. The SMILES string of the molecule is NC(=O)OC1CCc2ccccc2C1. The lowest BCUT2D eigenvalue weighted by Crippen LogP contribution is -2.28. The highest BCUT2D eigenvalue weighted by Gasteiger charge is 2.20. The van der Waals surface area contributed by atoms with Crippen molar-refractivity contribution in [1.82, 2.24) is 0 Å². The van der Waals surface area contributed by atoms with Gasteiger partial charge in [-0.1, -0.05) is 24.3 Å². The van der Waals surface area contributed by atoms with E-state index in [0.29, 0.717) is 0 Å². The Labute approximate surface area is 82.9 Å². The highest BCUT2D eigenvalue weighted by atomic mass is 16.6. The third-order valence-corrected chi connectivity index (χ3v) is 2.58. The maximum atomic E-state index is 10.6. The van der Waals surface area contributed by atoms with E-state index in [1.54, 1.807) is 0 Å². The van der Waals surface area contributed by atoms with Crippen LogP contribution >= 0.6 is 0 Å². The van der Waals surface area contributed by atoms with Crippen molar-refractivity contribution in [2.75, 3.05) is 0 Å². The van der Waals surface area contributed by atoms with Crippen LogP contribution < -0.4 is 5.73 Å². The van der Waals surface area contributed by atoms with Crippen molar-refractivity contribution in [2.45, 2.75) is 25.4 Å². The third kappa shape index (κ3) is 1.87. The molecule has 14 heavy (non-hydrogen) atoms. The molecule has 3 heteroatoms. The predicted octanol–water partition coefficient (Wildman–Crippen LogP) is 1.64. The van der Waals surface area contributed by atoms with Crippen molar-refractivity contribution in [3.8, 4) is 0 Å². The zero-order valence-corrected chi connectivity index (χ0v) is 7.90. The normalized spacial score (nSPS) is 19.9. The minimum Gasteiger partial charge on any atom is -0.446 e. The predicted molar refractivity (Wildman–Crippen MR) is 52.9 cm³/mol. The molecule has 1 aromatic carbocycles. The van der Waals surface area contributed by atoms with E-state index >= 15 is 0 Å². The highest BCUT2D eigenvalue weighted by molar-refractivity contribution is 5.64. The van der Waals surface area contributed by atoms with Gasteiger partial charge in [-0.2, -0.15) is 0 Å². The Bertz CT molecular complexity index is 349. The van der Waals surface area contributed by atoms with Crippen LogP contribution in [0.1, 0.15) is 17.5 Å². The Balaban J connectivity index is 2.09. The molecule has 0 saturated heterocycles. The largest absolute Gasteiger partial charge is 0.446 e. The number of fused-ring (bicyclic) bond motifs is 1. The topological polar surface area (TPSA) is 52.3 Å². The number of benzene rings is 1. The second-order valence-corrected chi connectivity index (χ2v) is 3.57. The van der Waals surface area contributed by atoms with Crippen molar-refractivity contribution in [1.29, 1.82) is 0 Å². The molecule has 0 saturated carbocycles. The van der Waals surface area contributed by atoms with Gasteiger partial charge in [-0.15, -0.1) is 0 Å². The third-order valence-electron chi connectivity index (χ3n) is 2.58. The summed E-state index contributed by atoms with van der Waals surface area (Å²) in [6.07, 6.45) is 1.92. The number of carbonyl (C=O) groups is 1. The smallest absolute Gasteiger partial charge is 0.404 e. The zero-order chi connectivity index (χ0) is 9.97. The monoisotopic (exact) mass is 191 g/mol. The summed E-state index contributed by atoms with van der Waals surface area (Å²) in [4.78, 5) is 10.6. The summed E-state index contributed by atoms with van der Waals surface area (Å²) in [7, 11) is 0. The van der Waals surface area contributed by atoms with Crippen molar-refractivity contribution in [2.24, 2.45) is 5.73 Å². The molecule has 1 amide bonds. The number of hydrogen-bond donors (Lipinski definition) is 1. The highest BCUT2D eigenvalue weighted by Crippen LogP contribution is 2.22. The van der Waals surface area contributed by atoms with Crippen LogP contribution in [0.3, 0.4) is 0 Å². The van der Waals surface area contributed by atoms with Gasteiger partial charge in [0, 0.05) is 6.42 Å². The van der Waals surface area contributed by atoms with Crippen molar-refractivity contribution < 1.29 is 9.53 Å². The van der Waals surface area contributed by atoms with Gasteiger partial charge in [0.15, 0.2) is 0 Å². The van der Waals surface area contributed by atoms with Crippen LogP contribution in [0.2, 0.25) is 0 Å². The van der Waals surface area contributed by atoms with Crippen molar-refractivity contribution in [3.05, 3.63) is 35.4 Å². The van der Waals surface area contributed by atoms with E-state index in [9.17, 15) is 4.79 Å². The minimum absolute atomic E-state index is 0.0394. The van der Waals surface area contributed by atoms with Gasteiger partial charge in [-0.3, -0.25) is 0 Å². The molecule has 1 aliphatic rings. The van der Waals surface area contributed by atoms with Gasteiger partial charge in [0.25, 0.3) is 0 Å². The Kier molecular flexibility index (Phi) is 2.39. The Morgan fingerprint density at radius 3 is 2.79 bits per heavy atom. The van der Waals surface area contributed by atoms with Crippen molar-refractivity contribution >= 4 is 6.09 Å². The van der Waals surface area contributed by atoms with Crippen LogP contribution in [0.4, 0.5) is 4.79 Å². The van der Waals surface area contributed by atoms with E-state index in [1.165, 1.54) is 11.1 Å². The van der Waals surface area contributed by atoms with Crippen LogP contribution in [-0.4, -0.2) is 12.2 Å². The first-order valence-electron chi connectivity index (χ1n) is 4.78. The molecule has 0 heterocycles. The summed E-state index contributed by atoms with van der Waals surface area (Å²) in [5.74, 6) is 0. The standard InChI is InChI=1S/C11H13NO2/c12-11(13)14-10-6-5-8-3-1-2-4-9(8)7-10/h1-4,10H,5-7H2,(H2,12,13). The van der Waals surface area contributed by atoms with E-state index in [2.05, 4.69) is 12.1 Å². The average molecular weight is 191 g/mol. The molecule has 0 radical (unpaired) electrons. The van der Waals surface area contributed by atoms with Crippen LogP contribution in [-0.2, 0) is 17.6 Å². The van der Waals surface area contributed by atoms with Gasteiger partial charge in [0.05, 0.1) is 0 Å². The number of ether oxygens (including phenoxy) is 1. The number of amides is 1. The molecule has 1 aromatic rings.